The molecule has 136 valence electrons. The van der Waals surface area contributed by atoms with Crippen molar-refractivity contribution in [3.05, 3.63) is 29.8 Å². The van der Waals surface area contributed by atoms with Crippen molar-refractivity contribution in [2.24, 2.45) is 0 Å². The molecule has 1 heterocycles. The van der Waals surface area contributed by atoms with Crippen LogP contribution >= 0.6 is 0 Å². The molecule has 0 saturated heterocycles. The summed E-state index contributed by atoms with van der Waals surface area (Å²) in [7, 11) is 0. The first kappa shape index (κ1) is 18.8. The van der Waals surface area contributed by atoms with Gasteiger partial charge in [0.1, 0.15) is 6.04 Å². The van der Waals surface area contributed by atoms with E-state index in [2.05, 4.69) is 10.6 Å². The molecule has 0 spiro atoms. The topological polar surface area (TPSA) is 98.7 Å². The van der Waals surface area contributed by atoms with E-state index in [9.17, 15) is 14.4 Å². The Morgan fingerprint density at radius 2 is 2.04 bits per heavy atom. The van der Waals surface area contributed by atoms with E-state index in [4.69, 9.17) is 5.11 Å². The molecule has 1 aliphatic rings. The van der Waals surface area contributed by atoms with Crippen LogP contribution in [0.5, 0.6) is 0 Å². The van der Waals surface area contributed by atoms with Crippen molar-refractivity contribution in [3.8, 4) is 0 Å². The number of anilines is 1. The summed E-state index contributed by atoms with van der Waals surface area (Å²) in [5, 5.41) is 13.9. The second kappa shape index (κ2) is 8.50. The third-order valence-corrected chi connectivity index (χ3v) is 4.37. The van der Waals surface area contributed by atoms with Crippen LogP contribution in [0.1, 0.15) is 38.7 Å². The van der Waals surface area contributed by atoms with Gasteiger partial charge in [0.05, 0.1) is 6.54 Å². The van der Waals surface area contributed by atoms with Crippen LogP contribution in [-0.2, 0) is 16.0 Å². The molecule has 7 nitrogen and oxygen atoms in total. The third-order valence-electron chi connectivity index (χ3n) is 4.37. The highest BCUT2D eigenvalue weighted by molar-refractivity contribution is 5.98. The lowest BCUT2D eigenvalue weighted by Gasteiger charge is -2.35. The number of para-hydroxylation sites is 1. The zero-order valence-electron chi connectivity index (χ0n) is 14.6. The van der Waals surface area contributed by atoms with Gasteiger partial charge in [0.25, 0.3) is 0 Å². The average molecular weight is 347 g/mol. The van der Waals surface area contributed by atoms with E-state index in [1.54, 1.807) is 4.90 Å². The van der Waals surface area contributed by atoms with Crippen LogP contribution in [-0.4, -0.2) is 41.6 Å². The fraction of sp³-hybridized carbons (Fsp3) is 0.500. The maximum atomic E-state index is 12.6. The number of carboxylic acid groups (broad SMARTS) is 1. The Balaban J connectivity index is 1.96. The lowest BCUT2D eigenvalue weighted by Crippen LogP contribution is -2.51. The Morgan fingerprint density at radius 1 is 1.32 bits per heavy atom. The van der Waals surface area contributed by atoms with Gasteiger partial charge in [-0.3, -0.25) is 4.79 Å². The van der Waals surface area contributed by atoms with E-state index in [0.29, 0.717) is 12.8 Å². The number of aliphatic carboxylic acids is 1. The van der Waals surface area contributed by atoms with Crippen LogP contribution in [0.15, 0.2) is 24.3 Å². The smallest absolute Gasteiger partial charge is 0.326 e. The van der Waals surface area contributed by atoms with E-state index in [-0.39, 0.29) is 18.5 Å². The molecule has 0 radical (unpaired) electrons. The van der Waals surface area contributed by atoms with Gasteiger partial charge in [-0.05, 0) is 37.8 Å². The number of hydrogen-bond donors (Lipinski definition) is 3. The number of urea groups is 1. The van der Waals surface area contributed by atoms with E-state index in [1.807, 2.05) is 38.1 Å². The third kappa shape index (κ3) is 4.71. The zero-order valence-corrected chi connectivity index (χ0v) is 14.6. The predicted octanol–water partition coefficient (Wildman–Crippen LogP) is 1.91. The monoisotopic (exact) mass is 347 g/mol. The minimum absolute atomic E-state index is 0.0547. The lowest BCUT2D eigenvalue weighted by molar-refractivity contribution is -0.139. The molecule has 2 rings (SSSR count). The highest BCUT2D eigenvalue weighted by atomic mass is 16.4. The van der Waals surface area contributed by atoms with Gasteiger partial charge in [-0.15, -0.1) is 0 Å². The predicted molar refractivity (Wildman–Crippen MR) is 94.6 cm³/mol. The fourth-order valence-corrected chi connectivity index (χ4v) is 3.06. The van der Waals surface area contributed by atoms with Crippen molar-refractivity contribution in [1.29, 1.82) is 0 Å². The van der Waals surface area contributed by atoms with Gasteiger partial charge < -0.3 is 20.6 Å². The van der Waals surface area contributed by atoms with Crippen molar-refractivity contribution in [2.45, 2.75) is 51.6 Å². The number of carboxylic acids is 1. The molecule has 25 heavy (non-hydrogen) atoms. The number of nitrogens with zero attached hydrogens (tertiary/aromatic N) is 1. The maximum Gasteiger partial charge on any atom is 0.326 e. The molecule has 2 atom stereocenters. The number of hydrogen-bond acceptors (Lipinski definition) is 3. The largest absolute Gasteiger partial charge is 0.480 e. The van der Waals surface area contributed by atoms with Crippen LogP contribution in [0, 0.1) is 0 Å². The van der Waals surface area contributed by atoms with Crippen LogP contribution in [0.25, 0.3) is 0 Å². The summed E-state index contributed by atoms with van der Waals surface area (Å²) < 4.78 is 0. The Kier molecular flexibility index (Phi) is 6.38. The van der Waals surface area contributed by atoms with Crippen molar-refractivity contribution < 1.29 is 19.5 Å². The van der Waals surface area contributed by atoms with E-state index < -0.39 is 18.0 Å². The van der Waals surface area contributed by atoms with Gasteiger partial charge in [-0.2, -0.15) is 0 Å². The Bertz CT molecular complexity index is 647. The molecule has 1 aromatic carbocycles. The maximum absolute atomic E-state index is 12.6. The standard InChI is InChI=1S/C18H25N3O4/c1-3-6-14(17(23)24)20-18(25)19-11-16(22)21-12(2)9-10-13-7-4-5-8-15(13)21/h4-5,7-8,12,14H,3,6,9-11H2,1-2H3,(H,23,24)(H2,19,20,25)/t12-,14+/m1/s1. The highest BCUT2D eigenvalue weighted by Gasteiger charge is 2.28. The quantitative estimate of drug-likeness (QED) is 0.732. The second-order valence-electron chi connectivity index (χ2n) is 6.29. The summed E-state index contributed by atoms with van der Waals surface area (Å²) in [4.78, 5) is 37.3. The molecule has 3 N–H and O–H groups in total. The minimum atomic E-state index is -1.08. The zero-order chi connectivity index (χ0) is 18.4. The molecular weight excluding hydrogens is 322 g/mol. The first-order valence-electron chi connectivity index (χ1n) is 8.61. The first-order valence-corrected chi connectivity index (χ1v) is 8.61. The molecule has 0 fully saturated rings. The van der Waals surface area contributed by atoms with Crippen molar-refractivity contribution in [1.82, 2.24) is 10.6 Å². The number of carbonyl (C=O) groups is 3. The van der Waals surface area contributed by atoms with Gasteiger partial charge in [0.2, 0.25) is 5.91 Å². The molecule has 1 aliphatic heterocycles. The number of rotatable bonds is 6. The summed E-state index contributed by atoms with van der Waals surface area (Å²) in [5.41, 5.74) is 2.00. The lowest BCUT2D eigenvalue weighted by atomic mass is 9.96. The average Bonchev–Trinajstić information content (AvgIpc) is 2.59. The van der Waals surface area contributed by atoms with Gasteiger partial charge in [0, 0.05) is 11.7 Å². The summed E-state index contributed by atoms with van der Waals surface area (Å²) >= 11 is 0. The van der Waals surface area contributed by atoms with E-state index >= 15 is 0 Å². The number of amides is 3. The SMILES string of the molecule is CCC[C@H](NC(=O)NCC(=O)N1c2ccccc2CC[C@H]1C)C(=O)O. The highest BCUT2D eigenvalue weighted by Crippen LogP contribution is 2.30. The molecule has 1 aromatic rings. The van der Waals surface area contributed by atoms with Crippen LogP contribution in [0.2, 0.25) is 0 Å². The summed E-state index contributed by atoms with van der Waals surface area (Å²) in [6.45, 7) is 3.65. The van der Waals surface area contributed by atoms with Crippen LogP contribution < -0.4 is 15.5 Å². The van der Waals surface area contributed by atoms with Crippen molar-refractivity contribution in [3.63, 3.8) is 0 Å². The summed E-state index contributed by atoms with van der Waals surface area (Å²) in [5.74, 6) is -1.29. The Hall–Kier alpha value is -2.57. The molecule has 0 saturated carbocycles. The van der Waals surface area contributed by atoms with E-state index in [1.165, 1.54) is 0 Å². The van der Waals surface area contributed by atoms with Crippen LogP contribution in [0.3, 0.4) is 0 Å². The second-order valence-corrected chi connectivity index (χ2v) is 6.29. The summed E-state index contributed by atoms with van der Waals surface area (Å²) in [6.07, 6.45) is 2.77. The first-order chi connectivity index (χ1) is 11.9. The van der Waals surface area contributed by atoms with Crippen molar-refractivity contribution in [2.75, 3.05) is 11.4 Å². The fourth-order valence-electron chi connectivity index (χ4n) is 3.06. The molecule has 3 amide bonds. The molecule has 7 heteroatoms. The minimum Gasteiger partial charge on any atom is -0.480 e. The van der Waals surface area contributed by atoms with Gasteiger partial charge in [-0.1, -0.05) is 31.5 Å². The molecular formula is C18H25N3O4. The Labute approximate surface area is 147 Å². The number of aryl methyl sites for hydroxylation is 1. The number of carbonyl (C=O) groups excluding carboxylic acids is 2. The molecule has 0 aliphatic carbocycles. The number of benzene rings is 1. The molecule has 0 unspecified atom stereocenters. The van der Waals surface area contributed by atoms with Crippen LogP contribution in [0.4, 0.5) is 10.5 Å². The Morgan fingerprint density at radius 3 is 2.72 bits per heavy atom. The van der Waals surface area contributed by atoms with E-state index in [0.717, 1.165) is 24.1 Å². The van der Waals surface area contributed by atoms with Gasteiger partial charge in [0.15, 0.2) is 0 Å². The number of fused-ring (bicyclic) bond motifs is 1. The van der Waals surface area contributed by atoms with Crippen molar-refractivity contribution >= 4 is 23.6 Å². The number of nitrogens with one attached hydrogen (secondary N) is 2. The summed E-state index contributed by atoms with van der Waals surface area (Å²) in [6, 6.07) is 6.21. The van der Waals surface area contributed by atoms with Gasteiger partial charge >= 0.3 is 12.0 Å². The molecule has 0 aromatic heterocycles. The normalized spacial score (nSPS) is 17.4. The van der Waals surface area contributed by atoms with Gasteiger partial charge in [-0.25, -0.2) is 9.59 Å². The molecule has 0 bridgehead atoms.